The van der Waals surface area contributed by atoms with Gasteiger partial charge in [-0.25, -0.2) is 35.4 Å². The molecular formula is C38H35F7IN7O4S. The number of fused-ring (bicyclic) bond motifs is 2. The predicted octanol–water partition coefficient (Wildman–Crippen LogP) is 6.62. The molecule has 0 bridgehead atoms. The average molecular weight is 946 g/mol. The Balaban J connectivity index is 1.51. The van der Waals surface area contributed by atoms with Gasteiger partial charge in [-0.1, -0.05) is 18.1 Å². The third-order valence-corrected chi connectivity index (χ3v) is 10.6. The third-order valence-electron chi connectivity index (χ3n) is 9.44. The Morgan fingerprint density at radius 2 is 1.78 bits per heavy atom. The molecule has 2 aromatic heterocycles. The summed E-state index contributed by atoms with van der Waals surface area (Å²) >= 11 is 1.29. The zero-order chi connectivity index (χ0) is 42.6. The maximum atomic E-state index is 15.4. The van der Waals surface area contributed by atoms with Crippen LogP contribution in [0.25, 0.3) is 22.0 Å². The zero-order valence-corrected chi connectivity index (χ0v) is 34.0. The number of hydrogen-bond acceptors (Lipinski definition) is 8. The number of nitrogens with zero attached hydrogens (tertiary/aromatic N) is 3. The minimum Gasteiger partial charge on any atom is -0.378 e. The molecule has 0 aliphatic heterocycles. The number of carbonyl (C=O) groups is 1. The monoisotopic (exact) mass is 945 g/mol. The van der Waals surface area contributed by atoms with E-state index in [1.807, 2.05) is 0 Å². The van der Waals surface area contributed by atoms with Gasteiger partial charge in [-0.3, -0.25) is 14.2 Å². The van der Waals surface area contributed by atoms with Crippen molar-refractivity contribution in [2.75, 3.05) is 17.5 Å². The molecule has 20 heteroatoms. The molecule has 1 amide bonds. The van der Waals surface area contributed by atoms with Crippen molar-refractivity contribution in [1.29, 1.82) is 5.41 Å². The minimum absolute atomic E-state index is 0.00348. The van der Waals surface area contributed by atoms with Crippen molar-refractivity contribution in [3.8, 4) is 23.0 Å². The van der Waals surface area contributed by atoms with Crippen molar-refractivity contribution in [1.82, 2.24) is 25.4 Å². The number of hydrogen-bond donors (Lipinski definition) is 5. The molecule has 58 heavy (non-hydrogen) atoms. The number of benzene rings is 2. The lowest BCUT2D eigenvalue weighted by atomic mass is 9.92. The number of carbonyl (C=O) groups excluding carboxylic acids is 1. The Hall–Kier alpha value is -4.75. The molecule has 1 saturated carbocycles. The van der Waals surface area contributed by atoms with Gasteiger partial charge >= 0.3 is 0 Å². The van der Waals surface area contributed by atoms with E-state index in [0.29, 0.717) is 6.07 Å². The lowest BCUT2D eigenvalue weighted by Gasteiger charge is -2.24. The Bertz CT molecular complexity index is 2530. The molecule has 0 saturated heterocycles. The summed E-state index contributed by atoms with van der Waals surface area (Å²) in [5.41, 5.74) is -3.46. The van der Waals surface area contributed by atoms with Gasteiger partial charge in [0.05, 0.1) is 46.8 Å². The van der Waals surface area contributed by atoms with Gasteiger partial charge in [-0.05, 0) is 90.9 Å². The van der Waals surface area contributed by atoms with E-state index in [-0.39, 0.29) is 57.4 Å². The summed E-state index contributed by atoms with van der Waals surface area (Å²) in [6.45, 7) is 1.99. The molecule has 2 heterocycles. The largest absolute Gasteiger partial charge is 0.378 e. The van der Waals surface area contributed by atoms with Gasteiger partial charge in [0.25, 0.3) is 12.3 Å². The molecule has 308 valence electrons. The second-order valence-corrected chi connectivity index (χ2v) is 17.4. The van der Waals surface area contributed by atoms with E-state index in [4.69, 9.17) is 5.41 Å². The summed E-state index contributed by atoms with van der Waals surface area (Å²) in [6, 6.07) is 6.45. The van der Waals surface area contributed by atoms with Crippen LogP contribution < -0.4 is 15.4 Å². The van der Waals surface area contributed by atoms with E-state index in [1.165, 1.54) is 61.7 Å². The smallest absolute Gasteiger partial charge is 0.290 e. The molecule has 0 radical (unpaired) electrons. The number of pyridine rings is 1. The van der Waals surface area contributed by atoms with Gasteiger partial charge in [0.1, 0.15) is 22.9 Å². The van der Waals surface area contributed by atoms with Crippen molar-refractivity contribution >= 4 is 61.0 Å². The predicted molar refractivity (Wildman–Crippen MR) is 210 cm³/mol. The minimum atomic E-state index is -4.02. The Kier molecular flexibility index (Phi) is 11.7. The molecule has 2 aliphatic carbocycles. The first-order chi connectivity index (χ1) is 26.9. The van der Waals surface area contributed by atoms with Gasteiger partial charge in [0.2, 0.25) is 15.9 Å². The van der Waals surface area contributed by atoms with Gasteiger partial charge in [0, 0.05) is 41.3 Å². The molecule has 4 aromatic rings. The number of rotatable bonds is 13. The fourth-order valence-corrected chi connectivity index (χ4v) is 7.90. The number of allylic oxidation sites excluding steroid dienone is 2. The van der Waals surface area contributed by atoms with Crippen molar-refractivity contribution in [2.45, 2.75) is 54.9 Å². The van der Waals surface area contributed by atoms with Crippen LogP contribution in [0.1, 0.15) is 55.3 Å². The van der Waals surface area contributed by atoms with E-state index in [9.17, 15) is 40.3 Å². The van der Waals surface area contributed by atoms with Crippen LogP contribution in [0.2, 0.25) is 0 Å². The van der Waals surface area contributed by atoms with Crippen molar-refractivity contribution in [3.05, 3.63) is 87.9 Å². The quantitative estimate of drug-likeness (QED) is 0.0331. The zero-order valence-electron chi connectivity index (χ0n) is 31.0. The summed E-state index contributed by atoms with van der Waals surface area (Å²) in [5.74, 6) is -3.37. The van der Waals surface area contributed by atoms with Crippen molar-refractivity contribution in [3.63, 3.8) is 0 Å². The molecule has 2 aromatic carbocycles. The molecule has 1 fully saturated rings. The first kappa shape index (κ1) is 42.8. The van der Waals surface area contributed by atoms with Crippen LogP contribution in [-0.4, -0.2) is 68.4 Å². The van der Waals surface area contributed by atoms with Gasteiger partial charge in [0.15, 0.2) is 10.00 Å². The molecular weight excluding hydrogens is 910 g/mol. The number of aromatic nitrogens is 3. The second kappa shape index (κ2) is 15.8. The van der Waals surface area contributed by atoms with Crippen LogP contribution in [0.4, 0.5) is 36.6 Å². The molecule has 2 aliphatic rings. The molecule has 4 atom stereocenters. The third kappa shape index (κ3) is 9.10. The number of amides is 1. The normalized spacial score (nSPS) is 18.4. The van der Waals surface area contributed by atoms with Crippen LogP contribution in [0.5, 0.6) is 0 Å². The van der Waals surface area contributed by atoms with E-state index >= 15 is 8.78 Å². The number of sulfonamides is 1. The first-order valence-corrected chi connectivity index (χ1v) is 20.6. The van der Waals surface area contributed by atoms with Gasteiger partial charge in [-0.15, -0.1) is 0 Å². The maximum Gasteiger partial charge on any atom is 0.290 e. The number of anilines is 1. The van der Waals surface area contributed by atoms with Gasteiger partial charge < -0.3 is 21.1 Å². The Morgan fingerprint density at radius 1 is 1.12 bits per heavy atom. The van der Waals surface area contributed by atoms with Crippen molar-refractivity contribution in [2.24, 2.45) is 18.9 Å². The van der Waals surface area contributed by atoms with Crippen LogP contribution in [-0.2, 0) is 28.3 Å². The fraction of sp³-hybridized carbons (Fsp3) is 0.368. The highest BCUT2D eigenvalue weighted by Gasteiger charge is 2.66. The summed E-state index contributed by atoms with van der Waals surface area (Å²) in [7, 11) is -2.65. The first-order valence-electron chi connectivity index (χ1n) is 17.4. The number of alkyl halides is 6. The van der Waals surface area contributed by atoms with E-state index < -0.39 is 96.9 Å². The lowest BCUT2D eigenvalue weighted by molar-refractivity contribution is -0.121. The molecule has 6 rings (SSSR count). The lowest BCUT2D eigenvalue weighted by Crippen LogP contribution is -2.41. The van der Waals surface area contributed by atoms with Crippen LogP contribution >= 0.6 is 22.6 Å². The highest BCUT2D eigenvalue weighted by Crippen LogP contribution is 2.62. The number of nitrogens with one attached hydrogen (secondary N) is 4. The number of aryl methyl sites for hydroxylation is 1. The fourth-order valence-electron chi connectivity index (χ4n) is 7.07. The Morgan fingerprint density at radius 3 is 2.38 bits per heavy atom. The Labute approximate surface area is 341 Å². The highest BCUT2D eigenvalue weighted by atomic mass is 127. The van der Waals surface area contributed by atoms with E-state index in [1.54, 1.807) is 0 Å². The highest BCUT2D eigenvalue weighted by molar-refractivity contribution is 14.1. The summed E-state index contributed by atoms with van der Waals surface area (Å²) < 4.78 is 129. The molecule has 0 spiro atoms. The molecule has 1 unspecified atom stereocenters. The van der Waals surface area contributed by atoms with Gasteiger partial charge in [-0.2, -0.15) is 13.9 Å². The average Bonchev–Trinajstić information content (AvgIpc) is 3.79. The van der Waals surface area contributed by atoms with Crippen LogP contribution in [0, 0.1) is 40.7 Å². The van der Waals surface area contributed by atoms with Crippen LogP contribution in [0.15, 0.2) is 53.7 Å². The molecule has 5 N–H and O–H groups in total. The van der Waals surface area contributed by atoms with E-state index in [0.717, 1.165) is 29.1 Å². The van der Waals surface area contributed by atoms with E-state index in [2.05, 4.69) is 37.3 Å². The van der Waals surface area contributed by atoms with Crippen LogP contribution in [0.3, 0.4) is 0 Å². The number of halogens is 8. The summed E-state index contributed by atoms with van der Waals surface area (Å²) in [4.78, 5) is 18.4. The topological polar surface area (TPSA) is 162 Å². The SMILES string of the molecule is Cn1nc(NS(C)(=O)=O)c2c(C(F)F)ccc(-c3ccc(C#CC(C)(C)O)nc3[C@H](Cc3cc(F)cc(F)c3)NC(=O)CNC3=C(C(=N)C(F)I)[C@H]4C[C@H]4C3(F)F)c21. The summed E-state index contributed by atoms with van der Waals surface area (Å²) in [5, 5.41) is 27.4. The number of aliphatic hydroxyl groups is 1. The molecule has 11 nitrogen and oxygen atoms in total. The second-order valence-electron chi connectivity index (χ2n) is 14.5. The standard InChI is InChI=1S/C38H35F7IN7O4S/c1-37(2,55)10-9-20-5-6-21(22-7-8-23(34(41)42)29-32(22)53(3)51-36(29)52-58(4,56)57)31(49-20)26(13-17-11-18(39)14-19(40)12-17)50-27(54)16-48-33-28(30(47)35(43)46)24-15-25(24)38(33,44)45/h5-8,11-12,14,24-26,34-35,47-48,55H,13,15-16H2,1-4H3,(H,50,54)(H,51,52)/t24-,25+,26-,35?/m0/s1. The maximum absolute atomic E-state index is 15.4. The van der Waals surface area contributed by atoms with Crippen molar-refractivity contribution < 1.29 is 49.1 Å². The summed E-state index contributed by atoms with van der Waals surface area (Å²) in [6.07, 6.45) is -2.62.